The molecular weight excluding hydrogens is 276 g/mol. The minimum absolute atomic E-state index is 0.232. The standard InChI is InChI=1S/C16H16N6/c1-16(2,3)22-15-12(14(18)19-9-20-15)13(21-22)11-6-4-10(8-17)5-7-11/h4-7,9H,1-3H3,(H2,18,19,20). The molecule has 0 saturated heterocycles. The van der Waals surface area contributed by atoms with Gasteiger partial charge in [-0.15, -0.1) is 0 Å². The maximum Gasteiger partial charge on any atom is 0.164 e. The number of anilines is 1. The number of fused-ring (bicyclic) bond motifs is 1. The summed E-state index contributed by atoms with van der Waals surface area (Å²) in [4.78, 5) is 8.43. The molecule has 0 bridgehead atoms. The third-order valence-corrected chi connectivity index (χ3v) is 3.42. The molecule has 0 saturated carbocycles. The molecule has 0 radical (unpaired) electrons. The van der Waals surface area contributed by atoms with Gasteiger partial charge in [-0.2, -0.15) is 10.4 Å². The lowest BCUT2D eigenvalue weighted by molar-refractivity contribution is 0.367. The van der Waals surface area contributed by atoms with E-state index in [1.165, 1.54) is 6.33 Å². The summed E-state index contributed by atoms with van der Waals surface area (Å²) in [7, 11) is 0. The smallest absolute Gasteiger partial charge is 0.164 e. The van der Waals surface area contributed by atoms with Gasteiger partial charge in [-0.05, 0) is 32.9 Å². The molecule has 2 heterocycles. The Hall–Kier alpha value is -2.94. The monoisotopic (exact) mass is 292 g/mol. The lowest BCUT2D eigenvalue weighted by atomic mass is 10.1. The molecule has 0 fully saturated rings. The van der Waals surface area contributed by atoms with E-state index in [1.807, 2.05) is 16.8 Å². The largest absolute Gasteiger partial charge is 0.383 e. The van der Waals surface area contributed by atoms with Crippen LogP contribution >= 0.6 is 0 Å². The van der Waals surface area contributed by atoms with Gasteiger partial charge >= 0.3 is 0 Å². The third-order valence-electron chi connectivity index (χ3n) is 3.42. The Bertz CT molecular complexity index is 878. The number of hydrogen-bond acceptors (Lipinski definition) is 5. The van der Waals surface area contributed by atoms with Crippen LogP contribution in [-0.4, -0.2) is 19.7 Å². The predicted molar refractivity (Wildman–Crippen MR) is 84.9 cm³/mol. The molecule has 0 aliphatic rings. The summed E-state index contributed by atoms with van der Waals surface area (Å²) < 4.78 is 1.86. The quantitative estimate of drug-likeness (QED) is 0.744. The van der Waals surface area contributed by atoms with Crippen LogP contribution in [0.3, 0.4) is 0 Å². The molecule has 110 valence electrons. The van der Waals surface area contributed by atoms with Crippen molar-refractivity contribution in [2.45, 2.75) is 26.3 Å². The van der Waals surface area contributed by atoms with E-state index in [2.05, 4.69) is 36.8 Å². The van der Waals surface area contributed by atoms with Crippen molar-refractivity contribution in [1.29, 1.82) is 5.26 Å². The fourth-order valence-electron chi connectivity index (χ4n) is 2.35. The molecule has 0 atom stereocenters. The molecule has 6 heteroatoms. The number of nitriles is 1. The fraction of sp³-hybridized carbons (Fsp3) is 0.250. The van der Waals surface area contributed by atoms with Crippen molar-refractivity contribution >= 4 is 16.9 Å². The first-order valence-corrected chi connectivity index (χ1v) is 6.92. The summed E-state index contributed by atoms with van der Waals surface area (Å²) >= 11 is 0. The van der Waals surface area contributed by atoms with E-state index >= 15 is 0 Å². The molecule has 3 rings (SSSR count). The van der Waals surface area contributed by atoms with Gasteiger partial charge in [0.1, 0.15) is 17.8 Å². The Labute approximate surface area is 128 Å². The summed E-state index contributed by atoms with van der Waals surface area (Å²) in [5, 5.41) is 14.4. The molecule has 2 aromatic heterocycles. The summed E-state index contributed by atoms with van der Waals surface area (Å²) in [6.45, 7) is 6.17. The van der Waals surface area contributed by atoms with Crippen molar-refractivity contribution in [2.24, 2.45) is 0 Å². The number of nitrogens with zero attached hydrogens (tertiary/aromatic N) is 5. The van der Waals surface area contributed by atoms with Gasteiger partial charge in [0.05, 0.1) is 22.6 Å². The Balaban J connectivity index is 2.32. The number of hydrogen-bond donors (Lipinski definition) is 1. The summed E-state index contributed by atoms with van der Waals surface area (Å²) in [5.74, 6) is 0.403. The second-order valence-corrected chi connectivity index (χ2v) is 6.08. The van der Waals surface area contributed by atoms with Gasteiger partial charge in [0.25, 0.3) is 0 Å². The molecule has 22 heavy (non-hydrogen) atoms. The first-order valence-electron chi connectivity index (χ1n) is 6.92. The third kappa shape index (κ3) is 2.17. The van der Waals surface area contributed by atoms with Crippen molar-refractivity contribution in [2.75, 3.05) is 5.73 Å². The zero-order valence-electron chi connectivity index (χ0n) is 12.7. The average molecular weight is 292 g/mol. The molecule has 0 spiro atoms. The molecule has 2 N–H and O–H groups in total. The molecule has 6 nitrogen and oxygen atoms in total. The van der Waals surface area contributed by atoms with Gasteiger partial charge in [0.15, 0.2) is 5.65 Å². The first-order chi connectivity index (χ1) is 10.4. The SMILES string of the molecule is CC(C)(C)n1nc(-c2ccc(C#N)cc2)c2c(N)ncnc21. The van der Waals surface area contributed by atoms with Gasteiger partial charge in [-0.3, -0.25) is 0 Å². The zero-order valence-corrected chi connectivity index (χ0v) is 12.7. The average Bonchev–Trinajstić information content (AvgIpc) is 2.88. The van der Waals surface area contributed by atoms with Crippen LogP contribution in [0.15, 0.2) is 30.6 Å². The van der Waals surface area contributed by atoms with Crippen molar-refractivity contribution < 1.29 is 0 Å². The molecular formula is C16H16N6. The van der Waals surface area contributed by atoms with Crippen molar-refractivity contribution in [1.82, 2.24) is 19.7 Å². The highest BCUT2D eigenvalue weighted by Gasteiger charge is 2.23. The molecule has 0 amide bonds. The molecule has 0 aliphatic heterocycles. The van der Waals surface area contributed by atoms with Crippen LogP contribution in [-0.2, 0) is 5.54 Å². The minimum Gasteiger partial charge on any atom is -0.383 e. The highest BCUT2D eigenvalue weighted by atomic mass is 15.3. The van der Waals surface area contributed by atoms with E-state index in [1.54, 1.807) is 12.1 Å². The van der Waals surface area contributed by atoms with E-state index in [0.29, 0.717) is 17.0 Å². The fourth-order valence-corrected chi connectivity index (χ4v) is 2.35. The molecule has 0 unspecified atom stereocenters. The number of benzene rings is 1. The summed E-state index contributed by atoms with van der Waals surface area (Å²) in [6, 6.07) is 9.35. The predicted octanol–water partition coefficient (Wildman–Crippen LogP) is 2.70. The Morgan fingerprint density at radius 2 is 1.82 bits per heavy atom. The van der Waals surface area contributed by atoms with Gasteiger partial charge in [0, 0.05) is 5.56 Å². The highest BCUT2D eigenvalue weighted by molar-refractivity contribution is 5.98. The minimum atomic E-state index is -0.232. The van der Waals surface area contributed by atoms with E-state index in [4.69, 9.17) is 16.1 Å². The van der Waals surface area contributed by atoms with Crippen LogP contribution in [0.1, 0.15) is 26.3 Å². The lowest BCUT2D eigenvalue weighted by Gasteiger charge is -2.19. The van der Waals surface area contributed by atoms with E-state index in [0.717, 1.165) is 16.6 Å². The first kappa shape index (κ1) is 14.0. The maximum atomic E-state index is 8.92. The van der Waals surface area contributed by atoms with Crippen molar-refractivity contribution in [3.05, 3.63) is 36.2 Å². The Kier molecular flexibility index (Phi) is 3.06. The van der Waals surface area contributed by atoms with Gasteiger partial charge in [0.2, 0.25) is 0 Å². The van der Waals surface area contributed by atoms with Crippen LogP contribution in [0.2, 0.25) is 0 Å². The lowest BCUT2D eigenvalue weighted by Crippen LogP contribution is -2.23. The van der Waals surface area contributed by atoms with Gasteiger partial charge in [-0.25, -0.2) is 14.6 Å². The summed E-state index contributed by atoms with van der Waals surface area (Å²) in [5.41, 5.74) is 8.74. The van der Waals surface area contributed by atoms with E-state index in [-0.39, 0.29) is 5.54 Å². The van der Waals surface area contributed by atoms with Crippen LogP contribution in [0, 0.1) is 11.3 Å². The van der Waals surface area contributed by atoms with Crippen LogP contribution in [0.5, 0.6) is 0 Å². The number of aromatic nitrogens is 4. The Morgan fingerprint density at radius 3 is 2.41 bits per heavy atom. The van der Waals surface area contributed by atoms with Crippen molar-refractivity contribution in [3.63, 3.8) is 0 Å². The normalized spacial score (nSPS) is 11.5. The maximum absolute atomic E-state index is 8.92. The topological polar surface area (TPSA) is 93.4 Å². The highest BCUT2D eigenvalue weighted by Crippen LogP contribution is 2.32. The number of nitrogen functional groups attached to an aromatic ring is 1. The van der Waals surface area contributed by atoms with Crippen molar-refractivity contribution in [3.8, 4) is 17.3 Å². The van der Waals surface area contributed by atoms with Crippen LogP contribution in [0.25, 0.3) is 22.3 Å². The number of rotatable bonds is 1. The van der Waals surface area contributed by atoms with Crippen LogP contribution < -0.4 is 5.73 Å². The van der Waals surface area contributed by atoms with E-state index in [9.17, 15) is 0 Å². The summed E-state index contributed by atoms with van der Waals surface area (Å²) in [6.07, 6.45) is 1.45. The zero-order chi connectivity index (χ0) is 15.9. The Morgan fingerprint density at radius 1 is 1.14 bits per heavy atom. The van der Waals surface area contributed by atoms with E-state index < -0.39 is 0 Å². The second kappa shape index (κ2) is 4.81. The molecule has 1 aromatic carbocycles. The van der Waals surface area contributed by atoms with Crippen LogP contribution in [0.4, 0.5) is 5.82 Å². The molecule has 3 aromatic rings. The van der Waals surface area contributed by atoms with Gasteiger partial charge in [-0.1, -0.05) is 12.1 Å². The molecule has 0 aliphatic carbocycles. The van der Waals surface area contributed by atoms with Gasteiger partial charge < -0.3 is 5.73 Å². The second-order valence-electron chi connectivity index (χ2n) is 6.08. The number of nitrogens with two attached hydrogens (primary N) is 1.